The number of ether oxygens (including phenoxy) is 2. The lowest BCUT2D eigenvalue weighted by Gasteiger charge is -2.09. The fraction of sp³-hybridized carbons (Fsp3) is 0.250. The first-order valence-corrected chi connectivity index (χ1v) is 7.88. The number of hydrogen-bond donors (Lipinski definition) is 1. The first kappa shape index (κ1) is 15.5. The quantitative estimate of drug-likeness (QED) is 0.890. The van der Waals surface area contributed by atoms with Crippen LogP contribution in [0.2, 0.25) is 0 Å². The highest BCUT2D eigenvalue weighted by atomic mass is 32.2. The molecule has 0 saturated carbocycles. The van der Waals surface area contributed by atoms with E-state index in [-0.39, 0.29) is 0 Å². The molecule has 0 heterocycles. The SMILES string of the molecule is COc1cccc(S(=O)Cc2ccc(OC)c(CN)c2)c1. The van der Waals surface area contributed by atoms with Gasteiger partial charge in [-0.25, -0.2) is 0 Å². The van der Waals surface area contributed by atoms with Gasteiger partial charge in [0.15, 0.2) is 0 Å². The standard InChI is InChI=1S/C16H19NO3S/c1-19-14-4-3-5-15(9-14)21(18)11-12-6-7-16(20-2)13(8-12)10-17/h3-9H,10-11,17H2,1-2H3. The van der Waals surface area contributed by atoms with Gasteiger partial charge in [-0.15, -0.1) is 0 Å². The van der Waals surface area contributed by atoms with Crippen LogP contribution in [0.15, 0.2) is 47.4 Å². The minimum Gasteiger partial charge on any atom is -0.497 e. The van der Waals surface area contributed by atoms with Crippen LogP contribution in [-0.4, -0.2) is 18.4 Å². The predicted octanol–water partition coefficient (Wildman–Crippen LogP) is 2.47. The molecular formula is C16H19NO3S. The van der Waals surface area contributed by atoms with Crippen LogP contribution in [-0.2, 0) is 23.1 Å². The molecule has 2 N–H and O–H groups in total. The summed E-state index contributed by atoms with van der Waals surface area (Å²) >= 11 is 0. The van der Waals surface area contributed by atoms with Crippen molar-refractivity contribution >= 4 is 10.8 Å². The third-order valence-electron chi connectivity index (χ3n) is 3.17. The second-order valence-electron chi connectivity index (χ2n) is 4.52. The Bertz CT molecular complexity index is 643. The van der Waals surface area contributed by atoms with Crippen molar-refractivity contribution in [3.8, 4) is 11.5 Å². The molecule has 5 heteroatoms. The van der Waals surface area contributed by atoms with Crippen LogP contribution in [0.4, 0.5) is 0 Å². The van der Waals surface area contributed by atoms with E-state index in [9.17, 15) is 4.21 Å². The second kappa shape index (κ2) is 7.24. The summed E-state index contributed by atoms with van der Waals surface area (Å²) in [6.45, 7) is 0.392. The summed E-state index contributed by atoms with van der Waals surface area (Å²) in [5.74, 6) is 1.90. The van der Waals surface area contributed by atoms with Crippen molar-refractivity contribution in [1.82, 2.24) is 0 Å². The molecular weight excluding hydrogens is 286 g/mol. The molecule has 2 aromatic rings. The molecule has 0 aliphatic rings. The van der Waals surface area contributed by atoms with Crippen molar-refractivity contribution in [1.29, 1.82) is 0 Å². The summed E-state index contributed by atoms with van der Waals surface area (Å²) in [4.78, 5) is 0.750. The van der Waals surface area contributed by atoms with Gasteiger partial charge in [0, 0.05) is 17.0 Å². The zero-order chi connectivity index (χ0) is 15.2. The number of methoxy groups -OCH3 is 2. The molecule has 2 rings (SSSR count). The third-order valence-corrected chi connectivity index (χ3v) is 4.54. The maximum absolute atomic E-state index is 12.4. The van der Waals surface area contributed by atoms with Gasteiger partial charge in [-0.2, -0.15) is 0 Å². The van der Waals surface area contributed by atoms with Crippen LogP contribution in [0.3, 0.4) is 0 Å². The molecule has 1 atom stereocenters. The Balaban J connectivity index is 2.19. The number of hydrogen-bond acceptors (Lipinski definition) is 4. The van der Waals surface area contributed by atoms with E-state index in [1.165, 1.54) is 0 Å². The Hall–Kier alpha value is -1.85. The van der Waals surface area contributed by atoms with Gasteiger partial charge < -0.3 is 15.2 Å². The molecule has 0 aliphatic carbocycles. The Morgan fingerprint density at radius 1 is 1.10 bits per heavy atom. The molecule has 0 aromatic heterocycles. The molecule has 4 nitrogen and oxygen atoms in total. The molecule has 1 unspecified atom stereocenters. The van der Waals surface area contributed by atoms with Crippen LogP contribution in [0.1, 0.15) is 11.1 Å². The van der Waals surface area contributed by atoms with E-state index in [2.05, 4.69) is 0 Å². The number of nitrogens with two attached hydrogens (primary N) is 1. The summed E-state index contributed by atoms with van der Waals surface area (Å²) in [6.07, 6.45) is 0. The maximum atomic E-state index is 12.4. The Morgan fingerprint density at radius 3 is 2.57 bits per heavy atom. The highest BCUT2D eigenvalue weighted by Gasteiger charge is 2.09. The predicted molar refractivity (Wildman–Crippen MR) is 84.0 cm³/mol. The van der Waals surface area contributed by atoms with Crippen molar-refractivity contribution in [3.05, 3.63) is 53.6 Å². The highest BCUT2D eigenvalue weighted by molar-refractivity contribution is 7.84. The lowest BCUT2D eigenvalue weighted by Crippen LogP contribution is -2.03. The average molecular weight is 305 g/mol. The van der Waals surface area contributed by atoms with Crippen molar-refractivity contribution in [3.63, 3.8) is 0 Å². The molecule has 0 spiro atoms. The second-order valence-corrected chi connectivity index (χ2v) is 5.97. The average Bonchev–Trinajstić information content (AvgIpc) is 2.54. The van der Waals surface area contributed by atoms with Gasteiger partial charge in [0.1, 0.15) is 11.5 Å². The van der Waals surface area contributed by atoms with E-state index in [4.69, 9.17) is 15.2 Å². The smallest absolute Gasteiger partial charge is 0.123 e. The van der Waals surface area contributed by atoms with Gasteiger partial charge >= 0.3 is 0 Å². The summed E-state index contributed by atoms with van der Waals surface area (Å²) < 4.78 is 22.8. The zero-order valence-electron chi connectivity index (χ0n) is 12.2. The van der Waals surface area contributed by atoms with E-state index >= 15 is 0 Å². The number of benzene rings is 2. The summed E-state index contributed by atoms with van der Waals surface area (Å²) in [5.41, 5.74) is 7.59. The van der Waals surface area contributed by atoms with Gasteiger partial charge in [-0.05, 0) is 35.9 Å². The van der Waals surface area contributed by atoms with Crippen molar-refractivity contribution < 1.29 is 13.7 Å². The lowest BCUT2D eigenvalue weighted by atomic mass is 10.1. The normalized spacial score (nSPS) is 12.0. The molecule has 21 heavy (non-hydrogen) atoms. The fourth-order valence-corrected chi connectivity index (χ4v) is 3.19. The van der Waals surface area contributed by atoms with Gasteiger partial charge in [-0.1, -0.05) is 12.1 Å². The van der Waals surface area contributed by atoms with Gasteiger partial charge in [0.2, 0.25) is 0 Å². The molecule has 0 amide bonds. The van der Waals surface area contributed by atoms with E-state index in [1.807, 2.05) is 36.4 Å². The Labute approximate surface area is 127 Å². The molecule has 112 valence electrons. The van der Waals surface area contributed by atoms with Gasteiger partial charge in [-0.3, -0.25) is 4.21 Å². The molecule has 0 fully saturated rings. The molecule has 0 aliphatic heterocycles. The van der Waals surface area contributed by atoms with Crippen LogP contribution in [0, 0.1) is 0 Å². The zero-order valence-corrected chi connectivity index (χ0v) is 13.0. The van der Waals surface area contributed by atoms with E-state index in [1.54, 1.807) is 20.3 Å². The summed E-state index contributed by atoms with van der Waals surface area (Å²) in [6, 6.07) is 13.0. The van der Waals surface area contributed by atoms with Crippen LogP contribution in [0.25, 0.3) is 0 Å². The lowest BCUT2D eigenvalue weighted by molar-refractivity contribution is 0.409. The molecule has 0 radical (unpaired) electrons. The number of rotatable bonds is 6. The van der Waals surface area contributed by atoms with Gasteiger partial charge in [0.05, 0.1) is 30.8 Å². The van der Waals surface area contributed by atoms with Crippen LogP contribution < -0.4 is 15.2 Å². The molecule has 0 saturated heterocycles. The van der Waals surface area contributed by atoms with Crippen molar-refractivity contribution in [2.24, 2.45) is 5.73 Å². The Morgan fingerprint density at radius 2 is 1.90 bits per heavy atom. The van der Waals surface area contributed by atoms with Gasteiger partial charge in [0.25, 0.3) is 0 Å². The minimum atomic E-state index is -1.13. The van der Waals surface area contributed by atoms with Crippen LogP contribution in [0.5, 0.6) is 11.5 Å². The van der Waals surface area contributed by atoms with E-state index in [0.29, 0.717) is 18.0 Å². The van der Waals surface area contributed by atoms with Crippen LogP contribution >= 0.6 is 0 Å². The first-order chi connectivity index (χ1) is 10.2. The van der Waals surface area contributed by atoms with E-state index in [0.717, 1.165) is 21.8 Å². The highest BCUT2D eigenvalue weighted by Crippen LogP contribution is 2.22. The summed E-state index contributed by atoms with van der Waals surface area (Å²) in [5, 5.41) is 0. The summed E-state index contributed by atoms with van der Waals surface area (Å²) in [7, 11) is 2.08. The first-order valence-electron chi connectivity index (χ1n) is 6.56. The largest absolute Gasteiger partial charge is 0.497 e. The maximum Gasteiger partial charge on any atom is 0.123 e. The van der Waals surface area contributed by atoms with Crippen molar-refractivity contribution in [2.45, 2.75) is 17.2 Å². The minimum absolute atomic E-state index is 0.392. The monoisotopic (exact) mass is 305 g/mol. The Kier molecular flexibility index (Phi) is 5.36. The van der Waals surface area contributed by atoms with E-state index < -0.39 is 10.8 Å². The topological polar surface area (TPSA) is 61.5 Å². The van der Waals surface area contributed by atoms with Crippen molar-refractivity contribution in [2.75, 3.05) is 14.2 Å². The molecule has 0 bridgehead atoms. The third kappa shape index (κ3) is 3.83. The fourth-order valence-electron chi connectivity index (χ4n) is 2.06. The molecule has 2 aromatic carbocycles.